The number of piperidine rings is 1. The molecule has 1 spiro atoms. The molecule has 2 amide bonds. The number of carbonyl (C=O) groups is 1. The monoisotopic (exact) mass is 372 g/mol. The number of likely N-dealkylation sites (tertiary alicyclic amines) is 1. The second kappa shape index (κ2) is 6.71. The fourth-order valence-corrected chi connectivity index (χ4v) is 3.90. The van der Waals surface area contributed by atoms with Gasteiger partial charge in [0.25, 0.3) is 0 Å². The predicted octanol–water partition coefficient (Wildman–Crippen LogP) is 3.92. The van der Waals surface area contributed by atoms with Crippen molar-refractivity contribution in [3.8, 4) is 0 Å². The minimum absolute atomic E-state index is 0.198. The first-order chi connectivity index (χ1) is 11.3. The number of anilines is 1. The molecule has 0 bridgehead atoms. The molecule has 2 saturated heterocycles. The third-order valence-electron chi connectivity index (χ3n) is 4.91. The van der Waals surface area contributed by atoms with E-state index in [9.17, 15) is 9.90 Å². The molecule has 0 radical (unpaired) electrons. The molecule has 3 rings (SSSR count). The lowest BCUT2D eigenvalue weighted by molar-refractivity contribution is -0.169. The molecule has 0 aliphatic carbocycles. The van der Waals surface area contributed by atoms with E-state index < -0.39 is 5.60 Å². The number of urea groups is 1. The first-order valence-corrected chi connectivity index (χ1v) is 8.92. The van der Waals surface area contributed by atoms with Crippen molar-refractivity contribution >= 4 is 34.9 Å². The molecule has 1 atom stereocenters. The Hall–Kier alpha value is -1.01. The number of ether oxygens (including phenoxy) is 1. The molecule has 1 aromatic carbocycles. The van der Waals surface area contributed by atoms with Crippen LogP contribution in [0.25, 0.3) is 0 Å². The van der Waals surface area contributed by atoms with Gasteiger partial charge in [0.15, 0.2) is 0 Å². The third-order valence-corrected chi connectivity index (χ3v) is 5.73. The van der Waals surface area contributed by atoms with Crippen molar-refractivity contribution in [1.29, 1.82) is 0 Å². The molecular formula is C17H22Cl2N2O3. The summed E-state index contributed by atoms with van der Waals surface area (Å²) in [6, 6.07) is 4.94. The van der Waals surface area contributed by atoms with E-state index in [0.717, 1.165) is 12.8 Å². The summed E-state index contributed by atoms with van der Waals surface area (Å²) in [4.78, 5) is 14.2. The minimum Gasteiger partial charge on any atom is -0.390 e. The summed E-state index contributed by atoms with van der Waals surface area (Å²) in [7, 11) is 0. The number of hydrogen-bond acceptors (Lipinski definition) is 3. The van der Waals surface area contributed by atoms with Gasteiger partial charge in [-0.2, -0.15) is 0 Å². The second-order valence-corrected chi connectivity index (χ2v) is 7.76. The summed E-state index contributed by atoms with van der Waals surface area (Å²) in [6.07, 6.45) is 2.72. The largest absolute Gasteiger partial charge is 0.390 e. The lowest BCUT2D eigenvalue weighted by atomic mass is 9.78. The van der Waals surface area contributed by atoms with Crippen molar-refractivity contribution in [2.45, 2.75) is 43.8 Å². The molecule has 1 aromatic rings. The zero-order valence-electron chi connectivity index (χ0n) is 13.6. The van der Waals surface area contributed by atoms with E-state index in [1.807, 2.05) is 6.92 Å². The van der Waals surface area contributed by atoms with E-state index in [1.54, 1.807) is 23.1 Å². The smallest absolute Gasteiger partial charge is 0.321 e. The first kappa shape index (κ1) is 17.8. The summed E-state index contributed by atoms with van der Waals surface area (Å²) in [5, 5.41) is 13.9. The van der Waals surface area contributed by atoms with Crippen LogP contribution in [-0.4, -0.2) is 46.9 Å². The fraction of sp³-hybridized carbons (Fsp3) is 0.588. The van der Waals surface area contributed by atoms with Crippen LogP contribution in [-0.2, 0) is 4.74 Å². The van der Waals surface area contributed by atoms with Gasteiger partial charge in [-0.3, -0.25) is 0 Å². The summed E-state index contributed by atoms with van der Waals surface area (Å²) >= 11 is 12.1. The number of hydrogen-bond donors (Lipinski definition) is 2. The topological polar surface area (TPSA) is 61.8 Å². The van der Waals surface area contributed by atoms with E-state index in [-0.39, 0.29) is 11.6 Å². The summed E-state index contributed by atoms with van der Waals surface area (Å²) in [6.45, 7) is 3.59. The van der Waals surface area contributed by atoms with Crippen LogP contribution in [0.5, 0.6) is 0 Å². The van der Waals surface area contributed by atoms with Crippen LogP contribution in [0, 0.1) is 0 Å². The van der Waals surface area contributed by atoms with Gasteiger partial charge >= 0.3 is 6.03 Å². The van der Waals surface area contributed by atoms with Gasteiger partial charge in [0.2, 0.25) is 0 Å². The third kappa shape index (κ3) is 3.80. The Bertz CT molecular complexity index is 628. The van der Waals surface area contributed by atoms with Crippen LogP contribution >= 0.6 is 23.2 Å². The molecular weight excluding hydrogens is 351 g/mol. The van der Waals surface area contributed by atoms with Gasteiger partial charge in [-0.05, 0) is 38.3 Å². The number of halogens is 2. The van der Waals surface area contributed by atoms with Crippen molar-refractivity contribution < 1.29 is 14.6 Å². The van der Waals surface area contributed by atoms with Crippen molar-refractivity contribution in [2.24, 2.45) is 0 Å². The van der Waals surface area contributed by atoms with Gasteiger partial charge in [-0.15, -0.1) is 0 Å². The maximum Gasteiger partial charge on any atom is 0.321 e. The molecule has 24 heavy (non-hydrogen) atoms. The highest BCUT2D eigenvalue weighted by molar-refractivity contribution is 6.43. The molecule has 2 aliphatic rings. The van der Waals surface area contributed by atoms with Gasteiger partial charge in [-0.25, -0.2) is 4.79 Å². The van der Waals surface area contributed by atoms with Crippen molar-refractivity contribution in [3.63, 3.8) is 0 Å². The Morgan fingerprint density at radius 2 is 2.00 bits per heavy atom. The minimum atomic E-state index is -0.684. The van der Waals surface area contributed by atoms with Crippen LogP contribution in [0.4, 0.5) is 10.5 Å². The molecule has 7 heteroatoms. The zero-order valence-corrected chi connectivity index (χ0v) is 15.2. The average Bonchev–Trinajstić information content (AvgIpc) is 2.51. The molecule has 0 aromatic heterocycles. The van der Waals surface area contributed by atoms with Gasteiger partial charge in [0, 0.05) is 19.5 Å². The molecule has 2 heterocycles. The van der Waals surface area contributed by atoms with E-state index in [4.69, 9.17) is 27.9 Å². The molecule has 2 fully saturated rings. The summed E-state index contributed by atoms with van der Waals surface area (Å²) in [5.74, 6) is 0. The maximum atomic E-state index is 12.5. The number of rotatable bonds is 1. The Kier molecular flexibility index (Phi) is 4.98. The Morgan fingerprint density at radius 3 is 2.67 bits per heavy atom. The number of carbonyl (C=O) groups excluding carboxylic acids is 1. The quantitative estimate of drug-likeness (QED) is 0.784. The lowest BCUT2D eigenvalue weighted by Crippen LogP contribution is -2.54. The van der Waals surface area contributed by atoms with E-state index in [0.29, 0.717) is 48.3 Å². The number of nitrogens with zero attached hydrogens (tertiary/aromatic N) is 1. The normalized spacial score (nSPS) is 26.4. The first-order valence-electron chi connectivity index (χ1n) is 8.17. The molecule has 1 unspecified atom stereocenters. The van der Waals surface area contributed by atoms with Crippen molar-refractivity contribution in [1.82, 2.24) is 4.90 Å². The molecule has 0 saturated carbocycles. The number of amides is 2. The average molecular weight is 373 g/mol. The Balaban J connectivity index is 1.60. The van der Waals surface area contributed by atoms with Gasteiger partial charge < -0.3 is 20.1 Å². The number of aliphatic hydroxyl groups is 1. The van der Waals surface area contributed by atoms with Crippen LogP contribution in [0.3, 0.4) is 0 Å². The van der Waals surface area contributed by atoms with Crippen LogP contribution in [0.1, 0.15) is 32.6 Å². The van der Waals surface area contributed by atoms with Crippen molar-refractivity contribution in [3.05, 3.63) is 28.2 Å². The second-order valence-electron chi connectivity index (χ2n) is 6.97. The maximum absolute atomic E-state index is 12.5. The molecule has 2 aliphatic heterocycles. The highest BCUT2D eigenvalue weighted by Crippen LogP contribution is 2.39. The Labute approximate surface area is 151 Å². The van der Waals surface area contributed by atoms with E-state index in [2.05, 4.69) is 5.32 Å². The SMILES string of the molecule is CC1(O)CCOC2(CCN(C(=O)Nc3cccc(Cl)c3Cl)CC2)C1. The number of nitrogens with one attached hydrogen (secondary N) is 1. The van der Waals surface area contributed by atoms with Gasteiger partial charge in [0.1, 0.15) is 0 Å². The van der Waals surface area contributed by atoms with E-state index >= 15 is 0 Å². The lowest BCUT2D eigenvalue weighted by Gasteiger charge is -2.48. The van der Waals surface area contributed by atoms with Gasteiger partial charge in [-0.1, -0.05) is 29.3 Å². The van der Waals surface area contributed by atoms with Crippen LogP contribution in [0.15, 0.2) is 18.2 Å². The molecule has 132 valence electrons. The molecule has 5 nitrogen and oxygen atoms in total. The standard InChI is InChI=1S/C17H22Cl2N2O3/c1-16(23)7-10-24-17(11-16)5-8-21(9-6-17)15(22)20-13-4-2-3-12(18)14(13)19/h2-4,23H,5-11H2,1H3,(H,20,22). The molecule has 2 N–H and O–H groups in total. The van der Waals surface area contributed by atoms with Crippen LogP contribution < -0.4 is 5.32 Å². The van der Waals surface area contributed by atoms with E-state index in [1.165, 1.54) is 0 Å². The highest BCUT2D eigenvalue weighted by atomic mass is 35.5. The Morgan fingerprint density at radius 1 is 1.29 bits per heavy atom. The summed E-state index contributed by atoms with van der Waals surface area (Å²) in [5.41, 5.74) is -0.491. The zero-order chi connectivity index (χ0) is 17.4. The van der Waals surface area contributed by atoms with Crippen molar-refractivity contribution in [2.75, 3.05) is 25.0 Å². The highest BCUT2D eigenvalue weighted by Gasteiger charge is 2.44. The number of benzene rings is 1. The predicted molar refractivity (Wildman–Crippen MR) is 94.8 cm³/mol. The van der Waals surface area contributed by atoms with Crippen LogP contribution in [0.2, 0.25) is 10.0 Å². The van der Waals surface area contributed by atoms with Gasteiger partial charge in [0.05, 0.1) is 33.5 Å². The summed E-state index contributed by atoms with van der Waals surface area (Å²) < 4.78 is 5.97. The fourth-order valence-electron chi connectivity index (χ4n) is 3.55.